The normalized spacial score (nSPS) is 23.8. The SMILES string of the molecule is CCOC(=O)C1SN=NC1(CBr)CBr. The third-order valence-electron chi connectivity index (χ3n) is 1.84. The lowest BCUT2D eigenvalue weighted by molar-refractivity contribution is -0.143. The zero-order valence-corrected chi connectivity index (χ0v) is 11.6. The lowest BCUT2D eigenvalue weighted by atomic mass is 10.0. The zero-order valence-electron chi connectivity index (χ0n) is 7.57. The third kappa shape index (κ3) is 2.30. The number of nitrogens with zero attached hydrogens (tertiary/aromatic N) is 2. The molecule has 0 N–H and O–H groups in total. The molecule has 14 heavy (non-hydrogen) atoms. The van der Waals surface area contributed by atoms with Crippen LogP contribution in [0.3, 0.4) is 0 Å². The Hall–Kier alpha value is 0.380. The minimum Gasteiger partial charge on any atom is -0.465 e. The molecule has 80 valence electrons. The van der Waals surface area contributed by atoms with Crippen LogP contribution in [0.15, 0.2) is 9.63 Å². The van der Waals surface area contributed by atoms with E-state index in [0.29, 0.717) is 17.3 Å². The second kappa shape index (κ2) is 5.46. The molecule has 4 nitrogen and oxygen atoms in total. The molecule has 7 heteroatoms. The third-order valence-corrected chi connectivity index (χ3v) is 4.80. The van der Waals surface area contributed by atoms with Crippen LogP contribution in [0.1, 0.15) is 6.92 Å². The van der Waals surface area contributed by atoms with E-state index < -0.39 is 5.54 Å². The van der Waals surface area contributed by atoms with E-state index in [1.165, 1.54) is 11.9 Å². The summed E-state index contributed by atoms with van der Waals surface area (Å²) in [6.45, 7) is 2.17. The first kappa shape index (κ1) is 12.4. The van der Waals surface area contributed by atoms with Gasteiger partial charge in [0, 0.05) is 22.6 Å². The molecule has 0 aromatic heterocycles. The Morgan fingerprint density at radius 1 is 1.57 bits per heavy atom. The van der Waals surface area contributed by atoms with Crippen molar-refractivity contribution in [2.75, 3.05) is 17.3 Å². The molecule has 1 heterocycles. The van der Waals surface area contributed by atoms with Crippen LogP contribution in [0.5, 0.6) is 0 Å². The van der Waals surface area contributed by atoms with E-state index >= 15 is 0 Å². The number of ether oxygens (including phenoxy) is 1. The van der Waals surface area contributed by atoms with Gasteiger partial charge in [-0.25, -0.2) is 0 Å². The summed E-state index contributed by atoms with van der Waals surface area (Å²) in [4.78, 5) is 11.6. The van der Waals surface area contributed by atoms with Gasteiger partial charge in [-0.3, -0.25) is 4.79 Å². The number of alkyl halides is 2. The fraction of sp³-hybridized carbons (Fsp3) is 0.857. The van der Waals surface area contributed by atoms with E-state index in [0.717, 1.165) is 0 Å². The van der Waals surface area contributed by atoms with E-state index in [4.69, 9.17) is 4.74 Å². The summed E-state index contributed by atoms with van der Waals surface area (Å²) < 4.78 is 8.81. The Morgan fingerprint density at radius 3 is 2.71 bits per heavy atom. The van der Waals surface area contributed by atoms with Crippen LogP contribution in [-0.4, -0.2) is 34.0 Å². The number of carbonyl (C=O) groups is 1. The van der Waals surface area contributed by atoms with Crippen molar-refractivity contribution in [2.45, 2.75) is 17.7 Å². The zero-order chi connectivity index (χ0) is 10.6. The highest BCUT2D eigenvalue weighted by Gasteiger charge is 2.47. The highest BCUT2D eigenvalue weighted by molar-refractivity contribution is 9.09. The van der Waals surface area contributed by atoms with Crippen molar-refractivity contribution in [3.05, 3.63) is 0 Å². The van der Waals surface area contributed by atoms with Crippen LogP contribution < -0.4 is 0 Å². The summed E-state index contributed by atoms with van der Waals surface area (Å²) in [5.41, 5.74) is -0.503. The van der Waals surface area contributed by atoms with Crippen LogP contribution in [-0.2, 0) is 9.53 Å². The molecule has 0 spiro atoms. The molecular formula is C7H10Br2N2O2S. The smallest absolute Gasteiger partial charge is 0.323 e. The van der Waals surface area contributed by atoms with Crippen LogP contribution >= 0.6 is 43.8 Å². The Morgan fingerprint density at radius 2 is 2.21 bits per heavy atom. The Balaban J connectivity index is 2.74. The fourth-order valence-corrected chi connectivity index (χ4v) is 4.11. The summed E-state index contributed by atoms with van der Waals surface area (Å²) in [6.07, 6.45) is 0. The van der Waals surface area contributed by atoms with E-state index in [-0.39, 0.29) is 11.2 Å². The Labute approximate surface area is 104 Å². The minimum atomic E-state index is -0.503. The first-order chi connectivity index (χ1) is 6.70. The Bertz CT molecular complexity index is 246. The van der Waals surface area contributed by atoms with Gasteiger partial charge in [0.25, 0.3) is 0 Å². The first-order valence-corrected chi connectivity index (χ1v) is 7.14. The van der Waals surface area contributed by atoms with Gasteiger partial charge < -0.3 is 4.74 Å². The minimum absolute atomic E-state index is 0.249. The van der Waals surface area contributed by atoms with Crippen molar-refractivity contribution in [1.29, 1.82) is 0 Å². The van der Waals surface area contributed by atoms with E-state index in [2.05, 4.69) is 41.5 Å². The number of hydrogen-bond acceptors (Lipinski definition) is 5. The van der Waals surface area contributed by atoms with Gasteiger partial charge in [0.05, 0.1) is 6.61 Å². The number of rotatable bonds is 4. The van der Waals surface area contributed by atoms with Gasteiger partial charge in [0.1, 0.15) is 5.54 Å². The molecular weight excluding hydrogens is 336 g/mol. The predicted octanol–water partition coefficient (Wildman–Crippen LogP) is 2.56. The molecule has 1 atom stereocenters. The number of carbonyl (C=O) groups excluding carboxylic acids is 1. The van der Waals surface area contributed by atoms with Crippen molar-refractivity contribution in [1.82, 2.24) is 0 Å². The van der Waals surface area contributed by atoms with E-state index in [1.807, 2.05) is 0 Å². The van der Waals surface area contributed by atoms with Gasteiger partial charge >= 0.3 is 5.97 Å². The standard InChI is InChI=1S/C7H10Br2N2O2S/c1-2-13-6(12)5-7(3-8,4-9)10-11-14-5/h5H,2-4H2,1H3. The number of esters is 1. The largest absolute Gasteiger partial charge is 0.465 e. The summed E-state index contributed by atoms with van der Waals surface area (Å²) in [5, 5.41) is 4.91. The van der Waals surface area contributed by atoms with Gasteiger partial charge in [-0.05, 0) is 6.92 Å². The summed E-state index contributed by atoms with van der Waals surface area (Å²) in [7, 11) is 0. The summed E-state index contributed by atoms with van der Waals surface area (Å²) in [5.74, 6) is -0.249. The van der Waals surface area contributed by atoms with Crippen molar-refractivity contribution in [3.63, 3.8) is 0 Å². The summed E-state index contributed by atoms with van der Waals surface area (Å²) in [6, 6.07) is 0. The predicted molar refractivity (Wildman–Crippen MR) is 63.2 cm³/mol. The maximum atomic E-state index is 11.6. The molecule has 0 saturated heterocycles. The lowest BCUT2D eigenvalue weighted by Crippen LogP contribution is -2.44. The lowest BCUT2D eigenvalue weighted by Gasteiger charge is -2.24. The first-order valence-electron chi connectivity index (χ1n) is 4.06. The monoisotopic (exact) mass is 344 g/mol. The van der Waals surface area contributed by atoms with Crippen molar-refractivity contribution >= 4 is 49.8 Å². The molecule has 1 unspecified atom stereocenters. The summed E-state index contributed by atoms with van der Waals surface area (Å²) >= 11 is 7.87. The maximum Gasteiger partial charge on any atom is 0.323 e. The number of halogens is 2. The van der Waals surface area contributed by atoms with Gasteiger partial charge in [-0.1, -0.05) is 31.9 Å². The molecule has 1 rings (SSSR count). The van der Waals surface area contributed by atoms with Gasteiger partial charge in [0.15, 0.2) is 5.25 Å². The molecule has 1 aliphatic heterocycles. The van der Waals surface area contributed by atoms with Gasteiger partial charge in [-0.15, -0.1) is 4.52 Å². The van der Waals surface area contributed by atoms with Crippen molar-refractivity contribution in [2.24, 2.45) is 9.63 Å². The topological polar surface area (TPSA) is 51.0 Å². The number of hydrogen-bond donors (Lipinski definition) is 0. The molecule has 0 radical (unpaired) electrons. The maximum absolute atomic E-state index is 11.6. The average Bonchev–Trinajstić information content (AvgIpc) is 2.62. The van der Waals surface area contributed by atoms with Gasteiger partial charge in [-0.2, -0.15) is 5.11 Å². The van der Waals surface area contributed by atoms with Crippen LogP contribution in [0, 0.1) is 0 Å². The molecule has 0 aliphatic carbocycles. The molecule has 0 amide bonds. The molecule has 0 bridgehead atoms. The highest BCUT2D eigenvalue weighted by atomic mass is 79.9. The van der Waals surface area contributed by atoms with E-state index in [9.17, 15) is 4.79 Å². The van der Waals surface area contributed by atoms with Crippen molar-refractivity contribution in [3.8, 4) is 0 Å². The van der Waals surface area contributed by atoms with Crippen molar-refractivity contribution < 1.29 is 9.53 Å². The second-order valence-electron chi connectivity index (χ2n) is 2.79. The molecule has 0 aromatic carbocycles. The molecule has 0 aromatic rings. The second-order valence-corrected chi connectivity index (χ2v) is 4.76. The average molecular weight is 346 g/mol. The van der Waals surface area contributed by atoms with Crippen LogP contribution in [0.25, 0.3) is 0 Å². The molecule has 0 fully saturated rings. The highest BCUT2D eigenvalue weighted by Crippen LogP contribution is 2.39. The van der Waals surface area contributed by atoms with Gasteiger partial charge in [0.2, 0.25) is 0 Å². The van der Waals surface area contributed by atoms with E-state index in [1.54, 1.807) is 6.92 Å². The molecule has 0 saturated carbocycles. The van der Waals surface area contributed by atoms with Crippen LogP contribution in [0.4, 0.5) is 0 Å². The van der Waals surface area contributed by atoms with Crippen LogP contribution in [0.2, 0.25) is 0 Å². The Kier molecular flexibility index (Phi) is 4.86. The fourth-order valence-electron chi connectivity index (χ4n) is 1.01. The quantitative estimate of drug-likeness (QED) is 0.447. The molecule has 1 aliphatic rings.